The zero-order chi connectivity index (χ0) is 26.6. The molecule has 0 unspecified atom stereocenters. The molecular weight excluding hydrogens is 556 g/mol. The number of fused-ring (bicyclic) bond motifs is 2. The molecule has 9 heterocycles. The Hall–Kier alpha value is -4.37. The number of benzene rings is 4. The molecule has 0 saturated carbocycles. The van der Waals surface area contributed by atoms with Gasteiger partial charge in [0.2, 0.25) is 0 Å². The normalized spacial score (nSPS) is 17.1. The zero-order valence-corrected chi connectivity index (χ0v) is 23.3. The van der Waals surface area contributed by atoms with Crippen molar-refractivity contribution in [1.29, 1.82) is 0 Å². The second-order valence-corrected chi connectivity index (χ2v) is 14.1. The molecule has 0 N–H and O–H groups in total. The lowest BCUT2D eigenvalue weighted by Gasteiger charge is -2.44. The Bertz CT molecular complexity index is 2280. The van der Waals surface area contributed by atoms with Crippen molar-refractivity contribution in [2.75, 3.05) is 0 Å². The SMILES string of the molecule is c1cc2c3c(c1)-c1cnc[n+]4c1B3c1c(ccc3c1[N+]41c4c(ccc5c4B4c6c(cccc6-c6cnc[n+]1c64)S5)O3)S2. The fourth-order valence-electron chi connectivity index (χ4n) is 9.15. The van der Waals surface area contributed by atoms with Gasteiger partial charge in [-0.3, -0.25) is 0 Å². The first-order valence-corrected chi connectivity index (χ1v) is 15.8. The van der Waals surface area contributed by atoms with Gasteiger partial charge in [-0.25, -0.2) is 0 Å². The molecule has 188 valence electrons. The molecule has 0 bridgehead atoms. The summed E-state index contributed by atoms with van der Waals surface area (Å²) in [6, 6.07) is 22.4. The maximum Gasteiger partial charge on any atom is 0.340 e. The van der Waals surface area contributed by atoms with E-state index in [9.17, 15) is 0 Å². The van der Waals surface area contributed by atoms with Crippen molar-refractivity contribution < 1.29 is 14.1 Å². The van der Waals surface area contributed by atoms with E-state index in [1.165, 1.54) is 86.2 Å². The maximum absolute atomic E-state index is 6.94. The summed E-state index contributed by atoms with van der Waals surface area (Å²) >= 11 is 3.78. The van der Waals surface area contributed by atoms with Gasteiger partial charge in [-0.1, -0.05) is 57.8 Å². The van der Waals surface area contributed by atoms with Crippen molar-refractivity contribution in [3.8, 4) is 33.8 Å². The van der Waals surface area contributed by atoms with Gasteiger partial charge >= 0.3 is 26.1 Å². The van der Waals surface area contributed by atoms with Crippen LogP contribution in [0.15, 0.2) is 105 Å². The van der Waals surface area contributed by atoms with Crippen LogP contribution in [0.25, 0.3) is 22.3 Å². The van der Waals surface area contributed by atoms with E-state index in [-0.39, 0.29) is 13.4 Å². The van der Waals surface area contributed by atoms with Gasteiger partial charge in [0.1, 0.15) is 11.2 Å². The average molecular weight is 570 g/mol. The van der Waals surface area contributed by atoms with Crippen LogP contribution >= 0.6 is 23.5 Å². The molecule has 0 aliphatic carbocycles. The van der Waals surface area contributed by atoms with Gasteiger partial charge in [0.25, 0.3) is 11.4 Å². The third kappa shape index (κ3) is 1.81. The summed E-state index contributed by atoms with van der Waals surface area (Å²) in [5, 5.41) is 0. The number of quaternary nitrogens is 1. The first-order chi connectivity index (χ1) is 20.8. The highest BCUT2D eigenvalue weighted by Crippen LogP contribution is 2.54. The summed E-state index contributed by atoms with van der Waals surface area (Å²) in [6.07, 6.45) is 8.25. The minimum atomic E-state index is 0.134. The molecule has 0 amide bonds. The number of nitrogens with zero attached hydrogens (tertiary/aromatic N) is 5. The number of aromatic nitrogens is 4. The lowest BCUT2D eigenvalue weighted by molar-refractivity contribution is -1.03. The van der Waals surface area contributed by atoms with Crippen LogP contribution in [0.2, 0.25) is 0 Å². The fourth-order valence-corrected chi connectivity index (χ4v) is 11.5. The monoisotopic (exact) mass is 570 g/mol. The van der Waals surface area contributed by atoms with Gasteiger partial charge in [0.15, 0.2) is 23.9 Å². The van der Waals surface area contributed by atoms with Crippen LogP contribution in [0.1, 0.15) is 0 Å². The lowest BCUT2D eigenvalue weighted by atomic mass is 9.38. The number of ether oxygens (including phenoxy) is 1. The summed E-state index contributed by atoms with van der Waals surface area (Å²) in [5.74, 6) is 1.81. The Labute approximate surface area is 248 Å². The topological polar surface area (TPSA) is 42.8 Å². The summed E-state index contributed by atoms with van der Waals surface area (Å²) in [6.45, 7) is 0.269. The van der Waals surface area contributed by atoms with Crippen molar-refractivity contribution >= 4 is 81.4 Å². The Morgan fingerprint density at radius 1 is 0.571 bits per heavy atom. The van der Waals surface area contributed by atoms with E-state index < -0.39 is 0 Å². The first kappa shape index (κ1) is 20.5. The Morgan fingerprint density at radius 3 is 1.60 bits per heavy atom. The van der Waals surface area contributed by atoms with E-state index in [1.54, 1.807) is 0 Å². The maximum atomic E-state index is 6.94. The summed E-state index contributed by atoms with van der Waals surface area (Å²) in [4.78, 5) is 15.2. The highest BCUT2D eigenvalue weighted by molar-refractivity contribution is 8.00. The predicted molar refractivity (Wildman–Crippen MR) is 163 cm³/mol. The molecule has 13 rings (SSSR count). The van der Waals surface area contributed by atoms with Gasteiger partial charge in [-0.2, -0.15) is 0 Å². The molecular formula is C32H14B2N5OS2+3. The average Bonchev–Trinajstić information content (AvgIpc) is 3.56. The Kier molecular flexibility index (Phi) is 3.02. The highest BCUT2D eigenvalue weighted by atomic mass is 32.2. The van der Waals surface area contributed by atoms with Crippen molar-refractivity contribution in [3.05, 3.63) is 85.7 Å². The summed E-state index contributed by atoms with van der Waals surface area (Å²) < 4.78 is 12.2. The molecule has 7 aliphatic rings. The van der Waals surface area contributed by atoms with E-state index in [4.69, 9.17) is 14.7 Å². The van der Waals surface area contributed by atoms with Gasteiger partial charge in [-0.15, -0.1) is 0 Å². The van der Waals surface area contributed by atoms with Crippen LogP contribution in [0.5, 0.6) is 11.5 Å². The molecule has 10 heteroatoms. The van der Waals surface area contributed by atoms with E-state index >= 15 is 0 Å². The lowest BCUT2D eigenvalue weighted by Crippen LogP contribution is -2.99. The molecule has 4 aromatic carbocycles. The van der Waals surface area contributed by atoms with Gasteiger partial charge in [-0.05, 0) is 67.8 Å². The summed E-state index contributed by atoms with van der Waals surface area (Å²) in [7, 11) is 0. The molecule has 6 aromatic rings. The summed E-state index contributed by atoms with van der Waals surface area (Å²) in [5.41, 5.74) is 15.5. The molecule has 2 aromatic heterocycles. The minimum Gasteiger partial charge on any atom is -0.444 e. The molecule has 1 spiro atoms. The molecule has 0 atom stereocenters. The quantitative estimate of drug-likeness (QED) is 0.156. The number of hydrogen-bond acceptors (Lipinski definition) is 5. The Morgan fingerprint density at radius 2 is 1.07 bits per heavy atom. The molecule has 0 saturated heterocycles. The third-order valence-corrected chi connectivity index (χ3v) is 12.7. The van der Waals surface area contributed by atoms with E-state index in [2.05, 4.69) is 95.1 Å². The number of rotatable bonds is 0. The molecule has 42 heavy (non-hydrogen) atoms. The van der Waals surface area contributed by atoms with E-state index in [0.29, 0.717) is 4.70 Å². The van der Waals surface area contributed by atoms with Crippen LogP contribution in [-0.4, -0.2) is 23.4 Å². The largest absolute Gasteiger partial charge is 0.444 e. The van der Waals surface area contributed by atoms with Crippen LogP contribution in [0.3, 0.4) is 0 Å². The van der Waals surface area contributed by atoms with Gasteiger partial charge in [0, 0.05) is 30.5 Å². The first-order valence-electron chi connectivity index (χ1n) is 14.2. The zero-order valence-electron chi connectivity index (χ0n) is 21.7. The van der Waals surface area contributed by atoms with Crippen molar-refractivity contribution in [2.45, 2.75) is 19.6 Å². The van der Waals surface area contributed by atoms with Crippen molar-refractivity contribution in [1.82, 2.24) is 14.7 Å². The smallest absolute Gasteiger partial charge is 0.340 e. The molecule has 0 radical (unpaired) electrons. The second-order valence-electron chi connectivity index (χ2n) is 11.9. The fraction of sp³-hybridized carbons (Fsp3) is 0. The third-order valence-electron chi connectivity index (χ3n) is 10.4. The standard InChI is InChI=1S/C32H14B2N5OS2/c1-3-15-17-11-35-13-37-31(17)33-25(15)21(5-1)41-23-9-7-19-29(27(23)33)39(37)30-20(40-19)8-10-24-28(30)34-26-16(4-2-6-22(26)42-24)18-12-36-14-38(39)32(18)34/h1-14H/q+3. The van der Waals surface area contributed by atoms with Crippen LogP contribution < -0.4 is 51.8 Å². The molecule has 6 nitrogen and oxygen atoms in total. The predicted octanol–water partition coefficient (Wildman–Crippen LogP) is 1.27. The molecule has 0 fully saturated rings. The molecule has 7 aliphatic heterocycles. The van der Waals surface area contributed by atoms with Gasteiger partial charge in [0.05, 0.1) is 15.8 Å². The van der Waals surface area contributed by atoms with Crippen LogP contribution in [0.4, 0.5) is 11.4 Å². The van der Waals surface area contributed by atoms with Crippen molar-refractivity contribution in [3.63, 3.8) is 0 Å². The van der Waals surface area contributed by atoms with E-state index in [1.807, 2.05) is 23.5 Å². The number of hydrogen-bond donors (Lipinski definition) is 0. The van der Waals surface area contributed by atoms with Crippen LogP contribution in [0, 0.1) is 0 Å². The highest BCUT2D eigenvalue weighted by Gasteiger charge is 2.71. The van der Waals surface area contributed by atoms with Crippen molar-refractivity contribution in [2.24, 2.45) is 0 Å². The van der Waals surface area contributed by atoms with Crippen LogP contribution in [-0.2, 0) is 0 Å². The Balaban J connectivity index is 1.32. The van der Waals surface area contributed by atoms with E-state index in [0.717, 1.165) is 11.5 Å². The minimum absolute atomic E-state index is 0.134. The second kappa shape index (κ2) is 6.20. The van der Waals surface area contributed by atoms with Gasteiger partial charge < -0.3 is 4.74 Å².